The van der Waals surface area contributed by atoms with E-state index in [9.17, 15) is 19.8 Å². The summed E-state index contributed by atoms with van der Waals surface area (Å²) >= 11 is 11.8. The fraction of sp³-hybridized carbons (Fsp3) is 0.111. The van der Waals surface area contributed by atoms with E-state index in [1.165, 1.54) is 58.2 Å². The molecule has 0 saturated carbocycles. The summed E-state index contributed by atoms with van der Waals surface area (Å²) in [6.07, 6.45) is 2.76. The van der Waals surface area contributed by atoms with E-state index >= 15 is 0 Å². The van der Waals surface area contributed by atoms with Gasteiger partial charge in [-0.1, -0.05) is 83.2 Å². The number of para-hydroxylation sites is 2. The average Bonchev–Trinajstić information content (AvgIpc) is 3.43. The maximum Gasteiger partial charge on any atom is 2.00 e. The minimum atomic E-state index is -0.244. The molecule has 0 N–H and O–H groups in total. The molecule has 0 aliphatic rings. The molecule has 0 saturated heterocycles. The Balaban J connectivity index is 0.000000216. The van der Waals surface area contributed by atoms with Crippen LogP contribution in [0.4, 0.5) is 11.4 Å². The van der Waals surface area contributed by atoms with E-state index in [0.29, 0.717) is 43.9 Å². The second kappa shape index (κ2) is 15.9. The second-order valence-electron chi connectivity index (χ2n) is 10.7. The summed E-state index contributed by atoms with van der Waals surface area (Å²) in [5, 5.41) is 24.5. The average molecular weight is 741 g/mol. The van der Waals surface area contributed by atoms with E-state index in [1.54, 1.807) is 23.5 Å². The fourth-order valence-corrected chi connectivity index (χ4v) is 5.28. The number of aliphatic imine (C=N–C) groups is 2. The first-order valence-electron chi connectivity index (χ1n) is 14.7. The molecule has 2 aromatic heterocycles. The van der Waals surface area contributed by atoms with Gasteiger partial charge in [0.1, 0.15) is 0 Å². The Morgan fingerprint density at radius 2 is 0.939 bits per heavy atom. The first-order valence-corrected chi connectivity index (χ1v) is 15.4. The molecular formula is C36H30Cl2CoN6O4. The van der Waals surface area contributed by atoms with Crippen molar-refractivity contribution in [3.8, 4) is 22.9 Å². The number of aromatic nitrogens is 4. The molecule has 0 spiro atoms. The van der Waals surface area contributed by atoms with Gasteiger partial charge < -0.3 is 10.2 Å². The molecule has 0 amide bonds. The van der Waals surface area contributed by atoms with E-state index in [0.717, 1.165) is 11.4 Å². The maximum atomic E-state index is 12.7. The predicted octanol–water partition coefficient (Wildman–Crippen LogP) is 5.92. The molecule has 6 rings (SSSR count). The largest absolute Gasteiger partial charge is 2.00 e. The third kappa shape index (κ3) is 7.98. The number of hydrogen-bond acceptors (Lipinski definition) is 6. The van der Waals surface area contributed by atoms with Crippen LogP contribution in [-0.2, 0) is 30.9 Å². The Kier molecular flexibility index (Phi) is 11.9. The Morgan fingerprint density at radius 3 is 1.29 bits per heavy atom. The summed E-state index contributed by atoms with van der Waals surface area (Å²) in [5.41, 5.74) is 3.70. The van der Waals surface area contributed by atoms with Crippen LogP contribution in [-0.4, -0.2) is 31.2 Å². The van der Waals surface area contributed by atoms with Gasteiger partial charge in [0, 0.05) is 36.6 Å². The van der Waals surface area contributed by atoms with E-state index < -0.39 is 0 Å². The molecule has 13 heteroatoms. The van der Waals surface area contributed by atoms with Crippen LogP contribution in [0.3, 0.4) is 0 Å². The SMILES string of the molecule is Cc1c(N=Cc2cc(Cl)ccc2[O-])c(=O)n(-c2ccccc2)n1C.Cc1c(N=Cc2cc(Cl)ccc2[O-])c(=O)n(-c2ccccc2)n1C.[Co+2]. The zero-order valence-corrected chi connectivity index (χ0v) is 29.4. The van der Waals surface area contributed by atoms with Gasteiger partial charge in [0.15, 0.2) is 11.4 Å². The number of rotatable bonds is 6. The number of hydrogen-bond donors (Lipinski definition) is 0. The molecule has 2 heterocycles. The summed E-state index contributed by atoms with van der Waals surface area (Å²) in [5.74, 6) is -0.389. The van der Waals surface area contributed by atoms with Crippen molar-refractivity contribution in [2.24, 2.45) is 24.1 Å². The van der Waals surface area contributed by atoms with Gasteiger partial charge in [-0.25, -0.2) is 19.3 Å². The van der Waals surface area contributed by atoms with Gasteiger partial charge in [-0.15, -0.1) is 0 Å². The zero-order chi connectivity index (χ0) is 34.5. The normalized spacial score (nSPS) is 11.1. The quantitative estimate of drug-likeness (QED) is 0.197. The Hall–Kier alpha value is -5.07. The molecule has 0 aliphatic carbocycles. The van der Waals surface area contributed by atoms with Gasteiger partial charge in [0.25, 0.3) is 11.1 Å². The Labute approximate surface area is 302 Å². The minimum Gasteiger partial charge on any atom is -0.872 e. The van der Waals surface area contributed by atoms with Crippen LogP contribution in [0.25, 0.3) is 11.4 Å². The molecule has 49 heavy (non-hydrogen) atoms. The first kappa shape index (κ1) is 36.8. The molecule has 0 fully saturated rings. The maximum absolute atomic E-state index is 12.7. The van der Waals surface area contributed by atoms with Crippen LogP contribution in [0.5, 0.6) is 11.5 Å². The fourth-order valence-electron chi connectivity index (χ4n) is 4.91. The van der Waals surface area contributed by atoms with Gasteiger partial charge in [-0.2, -0.15) is 0 Å². The topological polar surface area (TPSA) is 125 Å². The van der Waals surface area contributed by atoms with Gasteiger partial charge >= 0.3 is 16.8 Å². The van der Waals surface area contributed by atoms with Crippen molar-refractivity contribution in [1.82, 2.24) is 18.7 Å². The van der Waals surface area contributed by atoms with Crippen molar-refractivity contribution in [1.29, 1.82) is 0 Å². The molecule has 10 nitrogen and oxygen atoms in total. The minimum absolute atomic E-state index is 0. The van der Waals surface area contributed by atoms with Crippen molar-refractivity contribution in [2.75, 3.05) is 0 Å². The summed E-state index contributed by atoms with van der Waals surface area (Å²) in [6.45, 7) is 3.62. The predicted molar refractivity (Wildman–Crippen MR) is 188 cm³/mol. The van der Waals surface area contributed by atoms with Crippen molar-refractivity contribution in [3.63, 3.8) is 0 Å². The third-order valence-corrected chi connectivity index (χ3v) is 8.13. The summed E-state index contributed by atoms with van der Waals surface area (Å²) in [4.78, 5) is 33.9. The molecule has 0 aliphatic heterocycles. The van der Waals surface area contributed by atoms with Crippen LogP contribution in [0.2, 0.25) is 10.0 Å². The number of benzene rings is 4. The van der Waals surface area contributed by atoms with Crippen LogP contribution in [0, 0.1) is 13.8 Å². The number of nitrogens with zero attached hydrogens (tertiary/aromatic N) is 6. The van der Waals surface area contributed by atoms with E-state index in [1.807, 2.05) is 74.5 Å². The Morgan fingerprint density at radius 1 is 0.592 bits per heavy atom. The zero-order valence-electron chi connectivity index (χ0n) is 26.8. The Bertz CT molecular complexity index is 2110. The molecule has 0 atom stereocenters. The first-order chi connectivity index (χ1) is 23.0. The smallest absolute Gasteiger partial charge is 0.872 e. The monoisotopic (exact) mass is 739 g/mol. The summed E-state index contributed by atoms with van der Waals surface area (Å²) in [6, 6.07) is 27.5. The summed E-state index contributed by atoms with van der Waals surface area (Å²) < 4.78 is 6.55. The van der Waals surface area contributed by atoms with Crippen molar-refractivity contribution >= 4 is 47.0 Å². The van der Waals surface area contributed by atoms with Crippen LogP contribution in [0.1, 0.15) is 22.5 Å². The van der Waals surface area contributed by atoms with Crippen molar-refractivity contribution in [3.05, 3.63) is 150 Å². The van der Waals surface area contributed by atoms with Crippen molar-refractivity contribution < 1.29 is 27.0 Å². The van der Waals surface area contributed by atoms with Crippen LogP contribution in [0.15, 0.2) is 117 Å². The van der Waals surface area contributed by atoms with Crippen LogP contribution < -0.4 is 21.3 Å². The molecule has 0 bridgehead atoms. The number of halogens is 2. The molecule has 6 aromatic rings. The molecule has 4 aromatic carbocycles. The van der Waals surface area contributed by atoms with Gasteiger partial charge in [0.05, 0.1) is 22.8 Å². The van der Waals surface area contributed by atoms with E-state index in [4.69, 9.17) is 23.2 Å². The van der Waals surface area contributed by atoms with Gasteiger partial charge in [-0.05, 0) is 73.5 Å². The molecule has 251 valence electrons. The third-order valence-electron chi connectivity index (χ3n) is 7.66. The molecule has 1 radical (unpaired) electrons. The van der Waals surface area contributed by atoms with Gasteiger partial charge in [-0.3, -0.25) is 19.0 Å². The van der Waals surface area contributed by atoms with Crippen molar-refractivity contribution in [2.45, 2.75) is 13.8 Å². The van der Waals surface area contributed by atoms with Gasteiger partial charge in [0.2, 0.25) is 0 Å². The molecule has 0 unspecified atom stereocenters. The van der Waals surface area contributed by atoms with Crippen LogP contribution >= 0.6 is 23.2 Å². The van der Waals surface area contributed by atoms with E-state index in [2.05, 4.69) is 9.98 Å². The molecular weight excluding hydrogens is 710 g/mol. The standard InChI is InChI=1S/2C18H16ClN3O2.Co/c2*1-12-17(20-11-13-10-14(19)8-9-16(13)23)18(24)22(21(12)2)15-6-4-3-5-7-15;/h2*3-11,23H,1-2H3;/q;;+2/p-2. The summed E-state index contributed by atoms with van der Waals surface area (Å²) in [7, 11) is 3.59. The van der Waals surface area contributed by atoms with E-state index in [-0.39, 0.29) is 39.4 Å². The second-order valence-corrected chi connectivity index (χ2v) is 11.6.